The van der Waals surface area contributed by atoms with Crippen molar-refractivity contribution in [1.82, 2.24) is 15.5 Å². The monoisotopic (exact) mass is 634 g/mol. The molecule has 0 saturated carbocycles. The van der Waals surface area contributed by atoms with Gasteiger partial charge in [0.25, 0.3) is 5.69 Å². The number of carbonyl (C=O) groups excluding carboxylic acids is 5. The predicted octanol–water partition coefficient (Wildman–Crippen LogP) is 3.60. The highest BCUT2D eigenvalue weighted by molar-refractivity contribution is 6.03. The van der Waals surface area contributed by atoms with Crippen LogP contribution in [-0.2, 0) is 28.7 Å². The summed E-state index contributed by atoms with van der Waals surface area (Å²) in [5, 5.41) is 17.1. The molecule has 0 bridgehead atoms. The zero-order chi connectivity index (χ0) is 33.5. The van der Waals surface area contributed by atoms with Crippen molar-refractivity contribution in [2.45, 2.75) is 85.2 Å². The number of nitro benzene ring substituents is 1. The molecule has 2 N–H and O–H groups in total. The Balaban J connectivity index is 1.64. The molecule has 0 radical (unpaired) electrons. The van der Waals surface area contributed by atoms with Crippen LogP contribution < -0.4 is 20.1 Å². The lowest BCUT2D eigenvalue weighted by atomic mass is 9.94. The van der Waals surface area contributed by atoms with Crippen LogP contribution in [0.1, 0.15) is 90.7 Å². The lowest BCUT2D eigenvalue weighted by Crippen LogP contribution is -2.34. The number of hydrogen-bond donors (Lipinski definition) is 2. The van der Waals surface area contributed by atoms with Crippen molar-refractivity contribution in [3.8, 4) is 11.5 Å². The molecule has 45 heavy (non-hydrogen) atoms. The number of carbonyl (C=O) groups is 5. The molecule has 2 unspecified atom stereocenters. The Morgan fingerprint density at radius 2 is 1.64 bits per heavy atom. The van der Waals surface area contributed by atoms with Crippen LogP contribution in [-0.4, -0.2) is 72.8 Å². The molecule has 2 atom stereocenters. The summed E-state index contributed by atoms with van der Waals surface area (Å²) in [6, 6.07) is 2.62. The van der Waals surface area contributed by atoms with Gasteiger partial charge < -0.3 is 24.8 Å². The molecule has 1 aliphatic heterocycles. The Morgan fingerprint density at radius 1 is 1.00 bits per heavy atom. The summed E-state index contributed by atoms with van der Waals surface area (Å²) in [6.07, 6.45) is 2.32. The summed E-state index contributed by atoms with van der Waals surface area (Å²) < 4.78 is 16.2. The van der Waals surface area contributed by atoms with Crippen LogP contribution in [0.15, 0.2) is 12.1 Å². The van der Waals surface area contributed by atoms with Crippen molar-refractivity contribution in [3.05, 3.63) is 27.8 Å². The summed E-state index contributed by atoms with van der Waals surface area (Å²) in [7, 11) is 1.39. The molecule has 4 amide bonds. The minimum atomic E-state index is -0.863. The molecule has 14 nitrogen and oxygen atoms in total. The van der Waals surface area contributed by atoms with Gasteiger partial charge in [-0.05, 0) is 38.2 Å². The summed E-state index contributed by atoms with van der Waals surface area (Å²) in [5.74, 6) is -0.820. The van der Waals surface area contributed by atoms with Crippen molar-refractivity contribution >= 4 is 35.3 Å². The van der Waals surface area contributed by atoms with Gasteiger partial charge in [0.15, 0.2) is 11.5 Å². The van der Waals surface area contributed by atoms with E-state index in [0.29, 0.717) is 38.6 Å². The lowest BCUT2D eigenvalue weighted by Gasteiger charge is -2.17. The maximum atomic E-state index is 12.3. The van der Waals surface area contributed by atoms with Crippen molar-refractivity contribution in [2.24, 2.45) is 11.8 Å². The average molecular weight is 635 g/mol. The number of amides is 4. The minimum Gasteiger partial charge on any atom is -0.493 e. The first-order valence-corrected chi connectivity index (χ1v) is 15.5. The summed E-state index contributed by atoms with van der Waals surface area (Å²) in [5.41, 5.74) is -0.109. The van der Waals surface area contributed by atoms with Crippen LogP contribution in [0.3, 0.4) is 0 Å². The molecule has 0 aromatic heterocycles. The van der Waals surface area contributed by atoms with Crippen LogP contribution in [0.2, 0.25) is 0 Å². The number of ether oxygens (including phenoxy) is 3. The van der Waals surface area contributed by atoms with Crippen molar-refractivity contribution < 1.29 is 43.1 Å². The van der Waals surface area contributed by atoms with Gasteiger partial charge in [0.1, 0.15) is 6.10 Å². The molecule has 1 fully saturated rings. The first-order chi connectivity index (χ1) is 21.4. The molecule has 1 saturated heterocycles. The number of methoxy groups -OCH3 is 1. The predicted molar refractivity (Wildman–Crippen MR) is 163 cm³/mol. The average Bonchev–Trinajstić information content (AvgIpc) is 3.29. The molecule has 1 aliphatic rings. The Kier molecular flexibility index (Phi) is 15.2. The van der Waals surface area contributed by atoms with E-state index in [1.807, 2.05) is 13.8 Å². The third kappa shape index (κ3) is 11.7. The van der Waals surface area contributed by atoms with Crippen molar-refractivity contribution in [3.63, 3.8) is 0 Å². The first kappa shape index (κ1) is 37.0. The van der Waals surface area contributed by atoms with Gasteiger partial charge >= 0.3 is 5.97 Å². The Hall–Kier alpha value is -4.23. The van der Waals surface area contributed by atoms with Gasteiger partial charge in [-0.1, -0.05) is 27.2 Å². The molecular formula is C31H46N4O10. The third-order valence-corrected chi connectivity index (χ3v) is 7.49. The summed E-state index contributed by atoms with van der Waals surface area (Å²) >= 11 is 0. The van der Waals surface area contributed by atoms with E-state index in [1.165, 1.54) is 31.1 Å². The van der Waals surface area contributed by atoms with E-state index in [-0.39, 0.29) is 97.2 Å². The maximum absolute atomic E-state index is 12.3. The third-order valence-electron chi connectivity index (χ3n) is 7.49. The Morgan fingerprint density at radius 3 is 2.20 bits per heavy atom. The van der Waals surface area contributed by atoms with Crippen LogP contribution in [0.4, 0.5) is 5.69 Å². The maximum Gasteiger partial charge on any atom is 0.306 e. The second-order valence-electron chi connectivity index (χ2n) is 11.2. The molecule has 0 aliphatic carbocycles. The molecule has 14 heteroatoms. The van der Waals surface area contributed by atoms with Crippen molar-refractivity contribution in [1.29, 1.82) is 0 Å². The smallest absolute Gasteiger partial charge is 0.306 e. The van der Waals surface area contributed by atoms with E-state index in [1.54, 1.807) is 6.92 Å². The molecule has 2 rings (SSSR count). The van der Waals surface area contributed by atoms with E-state index in [2.05, 4.69) is 10.6 Å². The highest BCUT2D eigenvalue weighted by atomic mass is 16.6. The number of benzene rings is 1. The fourth-order valence-corrected chi connectivity index (χ4v) is 4.86. The number of rotatable bonds is 20. The van der Waals surface area contributed by atoms with E-state index in [9.17, 15) is 34.1 Å². The Labute approximate surface area is 263 Å². The number of esters is 1. The number of nitrogens with one attached hydrogen (secondary N) is 2. The van der Waals surface area contributed by atoms with Gasteiger partial charge in [-0.25, -0.2) is 0 Å². The van der Waals surface area contributed by atoms with Gasteiger partial charge in [-0.2, -0.15) is 0 Å². The largest absolute Gasteiger partial charge is 0.493 e. The van der Waals surface area contributed by atoms with Crippen LogP contribution in [0, 0.1) is 22.0 Å². The van der Waals surface area contributed by atoms with Gasteiger partial charge in [0.05, 0.1) is 30.3 Å². The standard InChI is InChI=1S/C31H46N4O10/c1-6-30(39)45-21(4)23-17-25(43-5)26(19-24(23)35(41)42)44-16-10-12-28(37)33-14-13-32-27(36)11-8-7-9-15-34-29(38)18-22(20(2)3)31(34)40/h17,19-22H,6-16,18H2,1-5H3,(H,32,36)(H,33,37). The molecule has 1 aromatic rings. The number of hydrogen-bond acceptors (Lipinski definition) is 10. The topological polar surface area (TPSA) is 183 Å². The minimum absolute atomic E-state index is 0.0930. The lowest BCUT2D eigenvalue weighted by molar-refractivity contribution is -0.386. The molecule has 250 valence electrons. The highest BCUT2D eigenvalue weighted by Crippen LogP contribution is 2.38. The Bertz CT molecular complexity index is 1220. The molecule has 1 heterocycles. The molecule has 1 aromatic carbocycles. The zero-order valence-corrected chi connectivity index (χ0v) is 26.8. The quantitative estimate of drug-likeness (QED) is 0.0706. The molecular weight excluding hydrogens is 588 g/mol. The van der Waals surface area contributed by atoms with E-state index in [4.69, 9.17) is 14.2 Å². The van der Waals surface area contributed by atoms with Gasteiger partial charge in [0.2, 0.25) is 23.6 Å². The van der Waals surface area contributed by atoms with E-state index < -0.39 is 17.0 Å². The normalized spacial score (nSPS) is 15.2. The number of imide groups is 1. The van der Waals surface area contributed by atoms with Crippen LogP contribution in [0.5, 0.6) is 11.5 Å². The number of nitrogens with zero attached hydrogens (tertiary/aromatic N) is 2. The fourth-order valence-electron chi connectivity index (χ4n) is 4.86. The highest BCUT2D eigenvalue weighted by Gasteiger charge is 2.39. The number of likely N-dealkylation sites (tertiary alicyclic amines) is 1. The van der Waals surface area contributed by atoms with Crippen molar-refractivity contribution in [2.75, 3.05) is 33.4 Å². The SMILES string of the molecule is CCC(=O)OC(C)c1cc(OC)c(OCCCC(=O)NCCNC(=O)CCCCCN2C(=O)CC(C(C)C)C2=O)cc1[N+](=O)[O-]. The second-order valence-corrected chi connectivity index (χ2v) is 11.2. The van der Waals surface area contributed by atoms with E-state index >= 15 is 0 Å². The first-order valence-electron chi connectivity index (χ1n) is 15.5. The zero-order valence-electron chi connectivity index (χ0n) is 26.8. The van der Waals surface area contributed by atoms with Crippen LogP contribution >= 0.6 is 0 Å². The summed E-state index contributed by atoms with van der Waals surface area (Å²) in [4.78, 5) is 72.7. The van der Waals surface area contributed by atoms with Gasteiger partial charge in [-0.3, -0.25) is 39.0 Å². The van der Waals surface area contributed by atoms with Crippen LogP contribution in [0.25, 0.3) is 0 Å². The summed E-state index contributed by atoms with van der Waals surface area (Å²) in [6.45, 7) is 8.04. The number of unbranched alkanes of at least 4 members (excludes halogenated alkanes) is 2. The molecule has 0 spiro atoms. The van der Waals surface area contributed by atoms with Gasteiger partial charge in [0, 0.05) is 51.2 Å². The number of nitro groups is 1. The second kappa shape index (κ2) is 18.5. The fraction of sp³-hybridized carbons (Fsp3) is 0.645. The van der Waals surface area contributed by atoms with E-state index in [0.717, 1.165) is 0 Å². The van der Waals surface area contributed by atoms with Gasteiger partial charge in [-0.15, -0.1) is 0 Å².